The number of benzene rings is 1. The lowest BCUT2D eigenvalue weighted by Crippen LogP contribution is -2.27. The molecule has 23 heavy (non-hydrogen) atoms. The summed E-state index contributed by atoms with van der Waals surface area (Å²) in [5.41, 5.74) is 0.871. The fourth-order valence-corrected chi connectivity index (χ4v) is 2.88. The van der Waals surface area contributed by atoms with Crippen molar-refractivity contribution in [3.8, 4) is 0 Å². The molecule has 6 nitrogen and oxygen atoms in total. The van der Waals surface area contributed by atoms with Crippen LogP contribution in [0.25, 0.3) is 0 Å². The molecule has 1 amide bonds. The highest BCUT2D eigenvalue weighted by Gasteiger charge is 2.14. The van der Waals surface area contributed by atoms with Crippen LogP contribution >= 0.6 is 11.8 Å². The lowest BCUT2D eigenvalue weighted by Gasteiger charge is -2.16. The number of anilines is 1. The predicted octanol–water partition coefficient (Wildman–Crippen LogP) is 2.67. The van der Waals surface area contributed by atoms with Gasteiger partial charge in [-0.25, -0.2) is 0 Å². The fraction of sp³-hybridized carbons (Fsp3) is 0.188. The van der Waals surface area contributed by atoms with E-state index in [2.05, 4.69) is 10.2 Å². The second kappa shape index (κ2) is 7.15. The minimum absolute atomic E-state index is 0.00810. The number of aromatic nitrogens is 3. The number of furan rings is 1. The van der Waals surface area contributed by atoms with E-state index < -0.39 is 0 Å². The highest BCUT2D eigenvalue weighted by molar-refractivity contribution is 7.99. The number of hydrogen-bond donors (Lipinski definition) is 0. The summed E-state index contributed by atoms with van der Waals surface area (Å²) in [7, 11) is 1.77. The molecule has 1 aromatic carbocycles. The molecule has 2 aromatic heterocycles. The van der Waals surface area contributed by atoms with E-state index in [1.807, 2.05) is 47.0 Å². The lowest BCUT2D eigenvalue weighted by atomic mass is 10.3. The van der Waals surface area contributed by atoms with E-state index in [0.717, 1.165) is 11.4 Å². The van der Waals surface area contributed by atoms with Crippen LogP contribution in [-0.4, -0.2) is 33.5 Å². The number of hydrogen-bond acceptors (Lipinski definition) is 5. The zero-order chi connectivity index (χ0) is 16.1. The summed E-state index contributed by atoms with van der Waals surface area (Å²) in [6.45, 7) is 0.547. The smallest absolute Gasteiger partial charge is 0.237 e. The largest absolute Gasteiger partial charge is 0.467 e. The second-order valence-corrected chi connectivity index (χ2v) is 5.84. The molecule has 0 spiro atoms. The Kier molecular flexibility index (Phi) is 4.77. The Hall–Kier alpha value is -2.54. The molecule has 0 saturated carbocycles. The first kappa shape index (κ1) is 15.4. The van der Waals surface area contributed by atoms with Crippen molar-refractivity contribution in [3.05, 3.63) is 60.8 Å². The predicted molar refractivity (Wildman–Crippen MR) is 88.4 cm³/mol. The van der Waals surface area contributed by atoms with Crippen LogP contribution in [0.2, 0.25) is 0 Å². The summed E-state index contributed by atoms with van der Waals surface area (Å²) in [6, 6.07) is 13.3. The Labute approximate surface area is 138 Å². The van der Waals surface area contributed by atoms with Gasteiger partial charge in [-0.1, -0.05) is 30.0 Å². The lowest BCUT2D eigenvalue weighted by molar-refractivity contribution is -0.115. The van der Waals surface area contributed by atoms with Crippen LogP contribution in [-0.2, 0) is 11.3 Å². The number of thioether (sulfide) groups is 1. The molecule has 0 aliphatic heterocycles. The van der Waals surface area contributed by atoms with Crippen molar-refractivity contribution in [1.82, 2.24) is 14.8 Å². The molecule has 0 radical (unpaired) electrons. The average molecular weight is 328 g/mol. The van der Waals surface area contributed by atoms with Crippen molar-refractivity contribution in [1.29, 1.82) is 0 Å². The Bertz CT molecular complexity index is 756. The van der Waals surface area contributed by atoms with Crippen molar-refractivity contribution in [3.63, 3.8) is 0 Å². The Balaban J connectivity index is 1.60. The summed E-state index contributed by atoms with van der Waals surface area (Å²) in [5.74, 6) is 1.12. The number of nitrogens with zero attached hydrogens (tertiary/aromatic N) is 4. The third-order valence-electron chi connectivity index (χ3n) is 3.33. The summed E-state index contributed by atoms with van der Waals surface area (Å²) in [6.07, 6.45) is 3.26. The molecule has 2 heterocycles. The number of carbonyl (C=O) groups is 1. The van der Waals surface area contributed by atoms with Crippen LogP contribution < -0.4 is 4.90 Å². The number of para-hydroxylation sites is 1. The maximum Gasteiger partial charge on any atom is 0.237 e. The molecule has 0 atom stereocenters. The molecule has 0 aliphatic carbocycles. The fourth-order valence-electron chi connectivity index (χ4n) is 2.05. The molecule has 0 bridgehead atoms. The van der Waals surface area contributed by atoms with Gasteiger partial charge in [-0.3, -0.25) is 4.79 Å². The van der Waals surface area contributed by atoms with Gasteiger partial charge in [0.1, 0.15) is 12.1 Å². The van der Waals surface area contributed by atoms with Crippen molar-refractivity contribution in [2.24, 2.45) is 0 Å². The number of rotatable bonds is 6. The molecule has 0 N–H and O–H groups in total. The zero-order valence-electron chi connectivity index (χ0n) is 12.6. The van der Waals surface area contributed by atoms with Gasteiger partial charge in [0, 0.05) is 12.7 Å². The second-order valence-electron chi connectivity index (χ2n) is 4.90. The quantitative estimate of drug-likeness (QED) is 0.651. The van der Waals surface area contributed by atoms with E-state index in [1.165, 1.54) is 11.8 Å². The highest BCUT2D eigenvalue weighted by atomic mass is 32.2. The van der Waals surface area contributed by atoms with Gasteiger partial charge < -0.3 is 13.9 Å². The normalized spacial score (nSPS) is 10.7. The summed E-state index contributed by atoms with van der Waals surface area (Å²) < 4.78 is 7.18. The van der Waals surface area contributed by atoms with Gasteiger partial charge in [-0.05, 0) is 24.3 Å². The Morgan fingerprint density at radius 2 is 2.09 bits per heavy atom. The molecule has 0 aliphatic rings. The van der Waals surface area contributed by atoms with E-state index in [4.69, 9.17) is 4.42 Å². The molecule has 0 saturated heterocycles. The van der Waals surface area contributed by atoms with Gasteiger partial charge in [0.25, 0.3) is 0 Å². The first-order chi connectivity index (χ1) is 11.2. The van der Waals surface area contributed by atoms with E-state index >= 15 is 0 Å². The third-order valence-corrected chi connectivity index (χ3v) is 4.29. The molecule has 0 fully saturated rings. The topological polar surface area (TPSA) is 64.2 Å². The summed E-state index contributed by atoms with van der Waals surface area (Å²) >= 11 is 1.36. The average Bonchev–Trinajstić information content (AvgIpc) is 3.25. The van der Waals surface area contributed by atoms with Gasteiger partial charge in [-0.15, -0.1) is 10.2 Å². The maximum absolute atomic E-state index is 12.3. The van der Waals surface area contributed by atoms with Crippen molar-refractivity contribution in [2.75, 3.05) is 17.7 Å². The first-order valence-corrected chi connectivity index (χ1v) is 8.07. The third kappa shape index (κ3) is 3.81. The van der Waals surface area contributed by atoms with Gasteiger partial charge in [-0.2, -0.15) is 0 Å². The summed E-state index contributed by atoms with van der Waals surface area (Å²) in [4.78, 5) is 13.9. The standard InChI is InChI=1S/C16H16N4O2S/c1-19(13-6-3-2-4-7-13)15(21)11-23-16-18-17-12-20(16)10-14-8-5-9-22-14/h2-9,12H,10-11H2,1H3. The first-order valence-electron chi connectivity index (χ1n) is 7.08. The molecular weight excluding hydrogens is 312 g/mol. The van der Waals surface area contributed by atoms with Crippen molar-refractivity contribution < 1.29 is 9.21 Å². The highest BCUT2D eigenvalue weighted by Crippen LogP contribution is 2.19. The molecule has 7 heteroatoms. The molecule has 3 rings (SSSR count). The zero-order valence-corrected chi connectivity index (χ0v) is 13.4. The van der Waals surface area contributed by atoms with Crippen LogP contribution in [0, 0.1) is 0 Å². The molecule has 3 aromatic rings. The SMILES string of the molecule is CN(C(=O)CSc1nncn1Cc1ccco1)c1ccccc1. The van der Waals surface area contributed by atoms with E-state index in [-0.39, 0.29) is 5.91 Å². The molecular formula is C16H16N4O2S. The number of amides is 1. The van der Waals surface area contributed by atoms with Gasteiger partial charge in [0.2, 0.25) is 5.91 Å². The van der Waals surface area contributed by atoms with Crippen LogP contribution in [0.15, 0.2) is 64.6 Å². The van der Waals surface area contributed by atoms with Crippen LogP contribution in [0.1, 0.15) is 5.76 Å². The molecule has 0 unspecified atom stereocenters. The minimum atomic E-state index is 0.00810. The minimum Gasteiger partial charge on any atom is -0.467 e. The van der Waals surface area contributed by atoms with Gasteiger partial charge in [0.05, 0.1) is 18.6 Å². The monoisotopic (exact) mass is 328 g/mol. The van der Waals surface area contributed by atoms with Crippen LogP contribution in [0.3, 0.4) is 0 Å². The molecule has 118 valence electrons. The van der Waals surface area contributed by atoms with E-state index in [1.54, 1.807) is 24.5 Å². The Morgan fingerprint density at radius 1 is 1.26 bits per heavy atom. The van der Waals surface area contributed by atoms with Crippen molar-refractivity contribution >= 4 is 23.4 Å². The van der Waals surface area contributed by atoms with E-state index in [9.17, 15) is 4.79 Å². The van der Waals surface area contributed by atoms with Gasteiger partial charge >= 0.3 is 0 Å². The number of carbonyl (C=O) groups excluding carboxylic acids is 1. The van der Waals surface area contributed by atoms with E-state index in [0.29, 0.717) is 17.5 Å². The Morgan fingerprint density at radius 3 is 2.83 bits per heavy atom. The van der Waals surface area contributed by atoms with Gasteiger partial charge in [0.15, 0.2) is 5.16 Å². The van der Waals surface area contributed by atoms with Crippen LogP contribution in [0.5, 0.6) is 0 Å². The van der Waals surface area contributed by atoms with Crippen LogP contribution in [0.4, 0.5) is 5.69 Å². The maximum atomic E-state index is 12.3. The summed E-state index contributed by atoms with van der Waals surface area (Å²) in [5, 5.41) is 8.66. The van der Waals surface area contributed by atoms with Crippen molar-refractivity contribution in [2.45, 2.75) is 11.7 Å².